The summed E-state index contributed by atoms with van der Waals surface area (Å²) in [6.07, 6.45) is 0. The van der Waals surface area contributed by atoms with Crippen molar-refractivity contribution in [2.75, 3.05) is 0 Å². The van der Waals surface area contributed by atoms with Crippen molar-refractivity contribution in [2.24, 2.45) is 5.73 Å². The van der Waals surface area contributed by atoms with Gasteiger partial charge in [0.25, 0.3) is 0 Å². The van der Waals surface area contributed by atoms with E-state index in [1.54, 1.807) is 22.7 Å². The summed E-state index contributed by atoms with van der Waals surface area (Å²) >= 11 is 3.28. The van der Waals surface area contributed by atoms with Crippen molar-refractivity contribution < 1.29 is 0 Å². The number of para-hydroxylation sites is 2. The average Bonchev–Trinajstić information content (AvgIpc) is 3.10. The van der Waals surface area contributed by atoms with Crippen LogP contribution >= 0.6 is 22.7 Å². The summed E-state index contributed by atoms with van der Waals surface area (Å²) in [5, 5.41) is 1.84. The van der Waals surface area contributed by atoms with Gasteiger partial charge in [-0.3, -0.25) is 0 Å². The minimum atomic E-state index is -0.246. The number of nitrogens with zero attached hydrogens (tertiary/aromatic N) is 2. The van der Waals surface area contributed by atoms with E-state index < -0.39 is 0 Å². The van der Waals surface area contributed by atoms with E-state index in [2.05, 4.69) is 22.1 Å². The molecule has 0 spiro atoms. The highest BCUT2D eigenvalue weighted by Gasteiger charge is 2.17. The molecule has 4 aromatic rings. The fourth-order valence-electron chi connectivity index (χ4n) is 2.15. The number of fused-ring (bicyclic) bond motifs is 2. The number of aromatic nitrogens is 2. The predicted molar refractivity (Wildman–Crippen MR) is 85.3 cm³/mol. The molecule has 2 aromatic heterocycles. The Labute approximate surface area is 123 Å². The van der Waals surface area contributed by atoms with Crippen molar-refractivity contribution in [1.82, 2.24) is 9.97 Å². The van der Waals surface area contributed by atoms with Gasteiger partial charge in [0.05, 0.1) is 20.4 Å². The first kappa shape index (κ1) is 12.0. The molecule has 0 amide bonds. The molecular weight excluding hydrogens is 286 g/mol. The van der Waals surface area contributed by atoms with Gasteiger partial charge in [-0.1, -0.05) is 24.3 Å². The SMILES string of the molecule is NC(c1nc2ccccc2s1)c1nc2ccccc2s1. The lowest BCUT2D eigenvalue weighted by Gasteiger charge is -2.02. The van der Waals surface area contributed by atoms with Crippen molar-refractivity contribution in [3.8, 4) is 0 Å². The maximum atomic E-state index is 6.34. The number of hydrogen-bond donors (Lipinski definition) is 1. The van der Waals surface area contributed by atoms with Gasteiger partial charge >= 0.3 is 0 Å². The number of hydrogen-bond acceptors (Lipinski definition) is 5. The van der Waals surface area contributed by atoms with Crippen LogP contribution in [0.2, 0.25) is 0 Å². The minimum absolute atomic E-state index is 0.246. The number of thiazole rings is 2. The zero-order valence-corrected chi connectivity index (χ0v) is 12.1. The van der Waals surface area contributed by atoms with Crippen LogP contribution in [0.1, 0.15) is 16.1 Å². The van der Waals surface area contributed by atoms with E-state index in [-0.39, 0.29) is 6.04 Å². The molecule has 0 saturated heterocycles. The van der Waals surface area contributed by atoms with E-state index in [0.29, 0.717) is 0 Å². The van der Waals surface area contributed by atoms with Gasteiger partial charge in [0.15, 0.2) is 0 Å². The van der Waals surface area contributed by atoms with Crippen molar-refractivity contribution in [2.45, 2.75) is 6.04 Å². The molecule has 0 bridgehead atoms. The number of rotatable bonds is 2. The molecule has 0 saturated carbocycles. The molecular formula is C15H11N3S2. The van der Waals surface area contributed by atoms with E-state index in [0.717, 1.165) is 21.0 Å². The van der Waals surface area contributed by atoms with E-state index in [1.807, 2.05) is 36.4 Å². The maximum Gasteiger partial charge on any atom is 0.118 e. The Hall–Kier alpha value is -1.82. The zero-order valence-electron chi connectivity index (χ0n) is 10.5. The van der Waals surface area contributed by atoms with E-state index in [1.165, 1.54) is 9.40 Å². The highest BCUT2D eigenvalue weighted by molar-refractivity contribution is 7.20. The summed E-state index contributed by atoms with van der Waals surface area (Å²) in [4.78, 5) is 9.24. The molecule has 0 fully saturated rings. The van der Waals surface area contributed by atoms with Crippen molar-refractivity contribution >= 4 is 43.1 Å². The summed E-state index contributed by atoms with van der Waals surface area (Å²) in [5.41, 5.74) is 8.35. The fourth-order valence-corrected chi connectivity index (χ4v) is 4.17. The highest BCUT2D eigenvalue weighted by Crippen LogP contribution is 2.32. The monoisotopic (exact) mass is 297 g/mol. The zero-order chi connectivity index (χ0) is 13.5. The molecule has 0 aliphatic heterocycles. The average molecular weight is 297 g/mol. The van der Waals surface area contributed by atoms with Gasteiger partial charge in [-0.25, -0.2) is 9.97 Å². The first-order valence-corrected chi connectivity index (χ1v) is 7.91. The van der Waals surface area contributed by atoms with E-state index in [4.69, 9.17) is 5.73 Å². The summed E-state index contributed by atoms with van der Waals surface area (Å²) in [6.45, 7) is 0. The van der Waals surface area contributed by atoms with Crippen LogP contribution in [0, 0.1) is 0 Å². The second kappa shape index (κ2) is 4.63. The van der Waals surface area contributed by atoms with E-state index >= 15 is 0 Å². The Morgan fingerprint density at radius 1 is 0.750 bits per heavy atom. The molecule has 5 heteroatoms. The normalized spacial score (nSPS) is 11.7. The Morgan fingerprint density at radius 3 is 1.65 bits per heavy atom. The van der Waals surface area contributed by atoms with Gasteiger partial charge in [0.1, 0.15) is 16.1 Å². The summed E-state index contributed by atoms with van der Waals surface area (Å²) in [7, 11) is 0. The molecule has 0 unspecified atom stereocenters. The Kier molecular flexibility index (Phi) is 2.77. The van der Waals surface area contributed by atoms with E-state index in [9.17, 15) is 0 Å². The lowest BCUT2D eigenvalue weighted by atomic mass is 10.3. The van der Waals surface area contributed by atoms with Gasteiger partial charge in [0.2, 0.25) is 0 Å². The molecule has 2 aromatic carbocycles. The molecule has 2 heterocycles. The quantitative estimate of drug-likeness (QED) is 0.609. The largest absolute Gasteiger partial charge is 0.316 e. The van der Waals surface area contributed by atoms with Crippen molar-refractivity contribution in [3.05, 3.63) is 58.5 Å². The van der Waals surface area contributed by atoms with Crippen LogP contribution in [0.4, 0.5) is 0 Å². The minimum Gasteiger partial charge on any atom is -0.316 e. The topological polar surface area (TPSA) is 51.8 Å². The van der Waals surface area contributed by atoms with Crippen molar-refractivity contribution in [1.29, 1.82) is 0 Å². The van der Waals surface area contributed by atoms with Crippen LogP contribution in [0.25, 0.3) is 20.4 Å². The molecule has 20 heavy (non-hydrogen) atoms. The number of nitrogens with two attached hydrogens (primary N) is 1. The molecule has 0 aliphatic rings. The van der Waals surface area contributed by atoms with Crippen molar-refractivity contribution in [3.63, 3.8) is 0 Å². The van der Waals surface area contributed by atoms with Crippen LogP contribution in [0.3, 0.4) is 0 Å². The summed E-state index contributed by atoms with van der Waals surface area (Å²) < 4.78 is 2.33. The summed E-state index contributed by atoms with van der Waals surface area (Å²) in [6, 6.07) is 16.0. The second-order valence-electron chi connectivity index (χ2n) is 4.52. The molecule has 98 valence electrons. The van der Waals surface area contributed by atoms with Gasteiger partial charge in [-0.05, 0) is 24.3 Å². The Morgan fingerprint density at radius 2 is 1.20 bits per heavy atom. The Bertz CT molecular complexity index is 754. The van der Waals surface area contributed by atoms with Crippen LogP contribution < -0.4 is 5.73 Å². The van der Waals surface area contributed by atoms with Crippen LogP contribution in [-0.4, -0.2) is 9.97 Å². The lowest BCUT2D eigenvalue weighted by Crippen LogP contribution is -2.10. The van der Waals surface area contributed by atoms with Gasteiger partial charge in [0, 0.05) is 0 Å². The van der Waals surface area contributed by atoms with Gasteiger partial charge in [-0.2, -0.15) is 0 Å². The number of benzene rings is 2. The molecule has 3 nitrogen and oxygen atoms in total. The highest BCUT2D eigenvalue weighted by atomic mass is 32.1. The molecule has 4 rings (SSSR count). The van der Waals surface area contributed by atoms with Crippen LogP contribution in [0.5, 0.6) is 0 Å². The second-order valence-corrected chi connectivity index (χ2v) is 6.64. The predicted octanol–water partition coefficient (Wildman–Crippen LogP) is 3.95. The first-order chi connectivity index (χ1) is 9.81. The molecule has 0 radical (unpaired) electrons. The smallest absolute Gasteiger partial charge is 0.118 e. The maximum absolute atomic E-state index is 6.34. The van der Waals surface area contributed by atoms with Crippen LogP contribution in [0.15, 0.2) is 48.5 Å². The third-order valence-electron chi connectivity index (χ3n) is 3.15. The summed E-state index contributed by atoms with van der Waals surface area (Å²) in [5.74, 6) is 0. The third-order valence-corrected chi connectivity index (χ3v) is 5.39. The molecule has 2 N–H and O–H groups in total. The van der Waals surface area contributed by atoms with Gasteiger partial charge < -0.3 is 5.73 Å². The molecule has 0 atom stereocenters. The fraction of sp³-hybridized carbons (Fsp3) is 0.0667. The molecule has 0 aliphatic carbocycles. The third kappa shape index (κ3) is 1.91. The Balaban J connectivity index is 1.80. The van der Waals surface area contributed by atoms with Crippen LogP contribution in [-0.2, 0) is 0 Å². The first-order valence-electron chi connectivity index (χ1n) is 6.28. The standard InChI is InChI=1S/C15H11N3S2/c16-13(14-17-9-5-1-3-7-11(9)19-14)15-18-10-6-2-4-8-12(10)20-15/h1-8,13H,16H2. The lowest BCUT2D eigenvalue weighted by molar-refractivity contribution is 0.853. The van der Waals surface area contributed by atoms with Gasteiger partial charge in [-0.15, -0.1) is 22.7 Å².